The van der Waals surface area contributed by atoms with Gasteiger partial charge in [0.15, 0.2) is 0 Å². The van der Waals surface area contributed by atoms with Crippen LogP contribution in [0.1, 0.15) is 51.3 Å². The van der Waals surface area contributed by atoms with Gasteiger partial charge in [-0.2, -0.15) is 0 Å². The molecule has 0 aliphatic heterocycles. The Morgan fingerprint density at radius 1 is 1.35 bits per heavy atom. The van der Waals surface area contributed by atoms with Crippen LogP contribution in [-0.4, -0.2) is 32.7 Å². The minimum atomic E-state index is -0.814. The number of imidazole rings is 1. The number of hydrogen-bond acceptors (Lipinski definition) is 3. The lowest BCUT2D eigenvalue weighted by Gasteiger charge is -2.25. The van der Waals surface area contributed by atoms with E-state index in [4.69, 9.17) is 4.98 Å². The fourth-order valence-electron chi connectivity index (χ4n) is 2.88. The van der Waals surface area contributed by atoms with Gasteiger partial charge in [0, 0.05) is 12.5 Å². The molecule has 2 aromatic rings. The Morgan fingerprint density at radius 3 is 2.70 bits per heavy atom. The topological polar surface area (TPSA) is 67.2 Å². The molecule has 1 aliphatic rings. The number of benzene rings is 1. The van der Waals surface area contributed by atoms with Crippen LogP contribution in [0, 0.1) is 0 Å². The molecule has 0 spiro atoms. The lowest BCUT2D eigenvalue weighted by atomic mass is 9.98. The summed E-state index contributed by atoms with van der Waals surface area (Å²) in [5, 5.41) is 13.2. The van der Waals surface area contributed by atoms with Crippen LogP contribution in [0.25, 0.3) is 11.0 Å². The maximum absolute atomic E-state index is 12.4. The van der Waals surface area contributed by atoms with Crippen LogP contribution in [-0.2, 0) is 11.3 Å². The van der Waals surface area contributed by atoms with Crippen LogP contribution in [0.4, 0.5) is 0 Å². The smallest absolute Gasteiger partial charge is 0.240 e. The van der Waals surface area contributed by atoms with Crippen LogP contribution in [0.2, 0.25) is 0 Å². The number of para-hydroxylation sites is 2. The predicted molar refractivity (Wildman–Crippen MR) is 90.2 cm³/mol. The van der Waals surface area contributed by atoms with Gasteiger partial charge in [-0.1, -0.05) is 26.0 Å². The van der Waals surface area contributed by atoms with Crippen LogP contribution in [0.5, 0.6) is 0 Å². The fourth-order valence-corrected chi connectivity index (χ4v) is 2.88. The summed E-state index contributed by atoms with van der Waals surface area (Å²) in [6, 6.07) is 7.94. The first-order chi connectivity index (χ1) is 11.1. The highest BCUT2D eigenvalue weighted by Gasteiger charge is 2.30. The molecule has 0 bridgehead atoms. The second kappa shape index (κ2) is 6.32. The monoisotopic (exact) mass is 315 g/mol. The average molecular weight is 315 g/mol. The van der Waals surface area contributed by atoms with E-state index in [1.165, 1.54) is 0 Å². The Labute approximate surface area is 136 Å². The number of nitrogens with one attached hydrogen (secondary N) is 1. The summed E-state index contributed by atoms with van der Waals surface area (Å²) in [7, 11) is 0. The van der Waals surface area contributed by atoms with E-state index in [1.54, 1.807) is 0 Å². The van der Waals surface area contributed by atoms with E-state index < -0.39 is 5.60 Å². The number of fused-ring (bicyclic) bond motifs is 1. The summed E-state index contributed by atoms with van der Waals surface area (Å²) < 4.78 is 2.03. The van der Waals surface area contributed by atoms with E-state index >= 15 is 0 Å². The molecule has 0 radical (unpaired) electrons. The lowest BCUT2D eigenvalue weighted by molar-refractivity contribution is -0.123. The lowest BCUT2D eigenvalue weighted by Crippen LogP contribution is -2.43. The van der Waals surface area contributed by atoms with Crippen molar-refractivity contribution in [1.82, 2.24) is 14.9 Å². The van der Waals surface area contributed by atoms with E-state index in [0.29, 0.717) is 25.3 Å². The molecule has 1 aliphatic carbocycles. The molecule has 1 heterocycles. The predicted octanol–water partition coefficient (Wildman–Crippen LogP) is 2.58. The van der Waals surface area contributed by atoms with Crippen molar-refractivity contribution in [1.29, 1.82) is 0 Å². The van der Waals surface area contributed by atoms with Crippen molar-refractivity contribution in [3.05, 3.63) is 30.1 Å². The van der Waals surface area contributed by atoms with Crippen LogP contribution in [0.3, 0.4) is 0 Å². The van der Waals surface area contributed by atoms with Gasteiger partial charge in [-0.3, -0.25) is 4.79 Å². The maximum atomic E-state index is 12.4. The standard InChI is InChI=1S/C18H25N3O2/c1-3-18(23,4-2)12-19-16(22)11-21-15-8-6-5-7-14(15)20-17(21)13-9-10-13/h5-8,13,23H,3-4,9-12H2,1-2H3,(H,19,22). The second-order valence-corrected chi connectivity index (χ2v) is 6.53. The molecule has 1 aromatic carbocycles. The number of carbonyl (C=O) groups is 1. The summed E-state index contributed by atoms with van der Waals surface area (Å²) in [5.74, 6) is 1.43. The van der Waals surface area contributed by atoms with Crippen molar-refractivity contribution in [3.63, 3.8) is 0 Å². The fraction of sp³-hybridized carbons (Fsp3) is 0.556. The molecule has 3 rings (SSSR count). The molecule has 2 N–H and O–H groups in total. The normalized spacial score (nSPS) is 15.1. The SMILES string of the molecule is CCC(O)(CC)CNC(=O)Cn1c(C2CC2)nc2ccccc21. The van der Waals surface area contributed by atoms with Gasteiger partial charge in [0.25, 0.3) is 0 Å². The van der Waals surface area contributed by atoms with Crippen molar-refractivity contribution < 1.29 is 9.90 Å². The molecule has 0 saturated heterocycles. The van der Waals surface area contributed by atoms with Crippen molar-refractivity contribution in [2.75, 3.05) is 6.54 Å². The average Bonchev–Trinajstić information content (AvgIpc) is 3.36. The zero-order valence-electron chi connectivity index (χ0n) is 13.9. The quantitative estimate of drug-likeness (QED) is 0.825. The van der Waals surface area contributed by atoms with E-state index in [-0.39, 0.29) is 12.5 Å². The molecule has 1 aromatic heterocycles. The van der Waals surface area contributed by atoms with Gasteiger partial charge in [0.2, 0.25) is 5.91 Å². The molecular weight excluding hydrogens is 290 g/mol. The first-order valence-electron chi connectivity index (χ1n) is 8.50. The Bertz CT molecular complexity index is 699. The second-order valence-electron chi connectivity index (χ2n) is 6.53. The van der Waals surface area contributed by atoms with Gasteiger partial charge in [-0.05, 0) is 37.8 Å². The number of aromatic nitrogens is 2. The van der Waals surface area contributed by atoms with Crippen molar-refractivity contribution in [3.8, 4) is 0 Å². The zero-order valence-corrected chi connectivity index (χ0v) is 13.9. The molecule has 5 heteroatoms. The van der Waals surface area contributed by atoms with Crippen molar-refractivity contribution in [2.45, 2.75) is 57.6 Å². The van der Waals surface area contributed by atoms with Crippen LogP contribution < -0.4 is 5.32 Å². The van der Waals surface area contributed by atoms with E-state index in [1.807, 2.05) is 42.7 Å². The zero-order chi connectivity index (χ0) is 16.4. The summed E-state index contributed by atoms with van der Waals surface area (Å²) in [6.07, 6.45) is 3.56. The van der Waals surface area contributed by atoms with Gasteiger partial charge in [0.05, 0.1) is 16.6 Å². The van der Waals surface area contributed by atoms with Gasteiger partial charge in [0.1, 0.15) is 12.4 Å². The Balaban J connectivity index is 1.75. The minimum Gasteiger partial charge on any atom is -0.388 e. The molecular formula is C18H25N3O2. The van der Waals surface area contributed by atoms with Crippen molar-refractivity contribution >= 4 is 16.9 Å². The number of carbonyl (C=O) groups excluding carboxylic acids is 1. The van der Waals surface area contributed by atoms with Gasteiger partial charge in [-0.25, -0.2) is 4.98 Å². The molecule has 1 amide bonds. The summed E-state index contributed by atoms with van der Waals surface area (Å²) in [5.41, 5.74) is 1.14. The van der Waals surface area contributed by atoms with E-state index in [2.05, 4.69) is 5.32 Å². The molecule has 0 atom stereocenters. The number of aliphatic hydroxyl groups is 1. The molecule has 5 nitrogen and oxygen atoms in total. The van der Waals surface area contributed by atoms with Crippen LogP contribution >= 0.6 is 0 Å². The number of amides is 1. The van der Waals surface area contributed by atoms with E-state index in [9.17, 15) is 9.90 Å². The minimum absolute atomic E-state index is 0.0737. The highest BCUT2D eigenvalue weighted by Crippen LogP contribution is 2.40. The highest BCUT2D eigenvalue weighted by molar-refractivity contribution is 5.81. The number of nitrogens with zero attached hydrogens (tertiary/aromatic N) is 2. The summed E-state index contributed by atoms with van der Waals surface area (Å²) in [6.45, 7) is 4.43. The molecule has 0 unspecified atom stereocenters. The van der Waals surface area contributed by atoms with E-state index in [0.717, 1.165) is 29.7 Å². The van der Waals surface area contributed by atoms with Crippen LogP contribution in [0.15, 0.2) is 24.3 Å². The number of rotatable bonds is 7. The van der Waals surface area contributed by atoms with Gasteiger partial charge in [-0.15, -0.1) is 0 Å². The largest absolute Gasteiger partial charge is 0.388 e. The maximum Gasteiger partial charge on any atom is 0.240 e. The third kappa shape index (κ3) is 3.39. The van der Waals surface area contributed by atoms with Gasteiger partial charge >= 0.3 is 0 Å². The Kier molecular flexibility index (Phi) is 4.39. The highest BCUT2D eigenvalue weighted by atomic mass is 16.3. The van der Waals surface area contributed by atoms with Crippen molar-refractivity contribution in [2.24, 2.45) is 0 Å². The molecule has 23 heavy (non-hydrogen) atoms. The van der Waals surface area contributed by atoms with Gasteiger partial charge < -0.3 is 15.0 Å². The Hall–Kier alpha value is -1.88. The third-order valence-electron chi connectivity index (χ3n) is 4.86. The molecule has 1 fully saturated rings. The summed E-state index contributed by atoms with van der Waals surface area (Å²) in [4.78, 5) is 17.1. The molecule has 124 valence electrons. The summed E-state index contributed by atoms with van der Waals surface area (Å²) >= 11 is 0. The third-order valence-corrected chi connectivity index (χ3v) is 4.86. The molecule has 1 saturated carbocycles. The first-order valence-corrected chi connectivity index (χ1v) is 8.50. The first kappa shape index (κ1) is 16.0. The Morgan fingerprint density at radius 2 is 2.04 bits per heavy atom. The number of hydrogen-bond donors (Lipinski definition) is 2.